The fourth-order valence-corrected chi connectivity index (χ4v) is 2.09. The molecule has 0 saturated heterocycles. The van der Waals surface area contributed by atoms with Crippen LogP contribution in [0.4, 0.5) is 0 Å². The molecule has 0 amide bonds. The van der Waals surface area contributed by atoms with Gasteiger partial charge in [0.1, 0.15) is 5.76 Å². The Labute approximate surface area is 102 Å². The highest BCUT2D eigenvalue weighted by Gasteiger charge is 2.14. The van der Waals surface area contributed by atoms with Crippen LogP contribution in [0.3, 0.4) is 0 Å². The highest BCUT2D eigenvalue weighted by molar-refractivity contribution is 5.27. The Balaban J connectivity index is 2.19. The first-order valence-corrected chi connectivity index (χ1v) is 5.76. The van der Waals surface area contributed by atoms with Gasteiger partial charge in [0.25, 0.3) is 0 Å². The zero-order valence-electron chi connectivity index (χ0n) is 10.2. The van der Waals surface area contributed by atoms with Gasteiger partial charge < -0.3 is 4.42 Å². The number of nitrogens with one attached hydrogen (secondary N) is 1. The van der Waals surface area contributed by atoms with E-state index in [9.17, 15) is 0 Å². The Bertz CT molecular complexity index is 490. The molecule has 0 aliphatic carbocycles. The van der Waals surface area contributed by atoms with Crippen molar-refractivity contribution in [1.29, 1.82) is 0 Å². The van der Waals surface area contributed by atoms with Crippen LogP contribution in [0.2, 0.25) is 0 Å². The Morgan fingerprint density at radius 3 is 2.71 bits per heavy atom. The summed E-state index contributed by atoms with van der Waals surface area (Å²) < 4.78 is 5.31. The number of hydrogen-bond acceptors (Lipinski definition) is 3. The number of hydrogen-bond donors (Lipinski definition) is 2. The van der Waals surface area contributed by atoms with Crippen molar-refractivity contribution in [3.8, 4) is 0 Å². The monoisotopic (exact) mass is 230 g/mol. The van der Waals surface area contributed by atoms with Gasteiger partial charge in [-0.1, -0.05) is 29.8 Å². The summed E-state index contributed by atoms with van der Waals surface area (Å²) in [4.78, 5) is 0. The quantitative estimate of drug-likeness (QED) is 0.627. The van der Waals surface area contributed by atoms with Gasteiger partial charge in [-0.2, -0.15) is 0 Å². The number of hydrazine groups is 1. The first-order chi connectivity index (χ1) is 8.20. The largest absolute Gasteiger partial charge is 0.469 e. The first kappa shape index (κ1) is 11.9. The highest BCUT2D eigenvalue weighted by atomic mass is 16.3. The molecule has 0 bridgehead atoms. The molecule has 1 unspecified atom stereocenters. The minimum atomic E-state index is 0.0931. The molecule has 1 aromatic heterocycles. The third-order valence-electron chi connectivity index (χ3n) is 3.00. The third-order valence-corrected chi connectivity index (χ3v) is 3.00. The molecule has 1 atom stereocenters. The van der Waals surface area contributed by atoms with E-state index in [0.29, 0.717) is 0 Å². The van der Waals surface area contributed by atoms with Crippen LogP contribution < -0.4 is 11.3 Å². The summed E-state index contributed by atoms with van der Waals surface area (Å²) >= 11 is 0. The molecule has 2 aromatic rings. The summed E-state index contributed by atoms with van der Waals surface area (Å²) in [6, 6.07) is 10.5. The number of furan rings is 1. The summed E-state index contributed by atoms with van der Waals surface area (Å²) in [6.45, 7) is 4.05. The molecule has 0 fully saturated rings. The lowest BCUT2D eigenvalue weighted by atomic mass is 9.99. The van der Waals surface area contributed by atoms with E-state index in [1.165, 1.54) is 11.1 Å². The molecule has 0 radical (unpaired) electrons. The molecule has 3 N–H and O–H groups in total. The maximum atomic E-state index is 5.63. The van der Waals surface area contributed by atoms with E-state index in [4.69, 9.17) is 10.3 Å². The zero-order valence-corrected chi connectivity index (χ0v) is 10.2. The van der Waals surface area contributed by atoms with Gasteiger partial charge in [-0.3, -0.25) is 11.3 Å². The molecular formula is C14H18N2O. The molecule has 0 aliphatic rings. The van der Waals surface area contributed by atoms with Gasteiger partial charge in [0.15, 0.2) is 0 Å². The van der Waals surface area contributed by atoms with Crippen LogP contribution in [0.5, 0.6) is 0 Å². The summed E-state index contributed by atoms with van der Waals surface area (Å²) in [5, 5.41) is 0. The lowest BCUT2D eigenvalue weighted by Crippen LogP contribution is -2.29. The van der Waals surface area contributed by atoms with Crippen LogP contribution in [0.25, 0.3) is 0 Å². The number of aryl methyl sites for hydroxylation is 2. The normalized spacial score (nSPS) is 12.6. The van der Waals surface area contributed by atoms with Crippen molar-refractivity contribution in [2.24, 2.45) is 5.84 Å². The van der Waals surface area contributed by atoms with E-state index in [0.717, 1.165) is 17.7 Å². The predicted octanol–water partition coefficient (Wildman–Crippen LogP) is 2.64. The predicted molar refractivity (Wildman–Crippen MR) is 68.4 cm³/mol. The van der Waals surface area contributed by atoms with Crippen molar-refractivity contribution in [1.82, 2.24) is 5.43 Å². The first-order valence-electron chi connectivity index (χ1n) is 5.76. The van der Waals surface area contributed by atoms with Gasteiger partial charge in [-0.25, -0.2) is 0 Å². The summed E-state index contributed by atoms with van der Waals surface area (Å²) in [5.41, 5.74) is 6.51. The van der Waals surface area contributed by atoms with Gasteiger partial charge in [-0.15, -0.1) is 0 Å². The van der Waals surface area contributed by atoms with Crippen molar-refractivity contribution >= 4 is 0 Å². The van der Waals surface area contributed by atoms with Gasteiger partial charge in [0.05, 0.1) is 12.3 Å². The molecule has 17 heavy (non-hydrogen) atoms. The topological polar surface area (TPSA) is 51.2 Å². The second-order valence-electron chi connectivity index (χ2n) is 4.34. The molecule has 1 aromatic carbocycles. The number of rotatable bonds is 4. The fraction of sp³-hybridized carbons (Fsp3) is 0.286. The van der Waals surface area contributed by atoms with Crippen LogP contribution in [-0.4, -0.2) is 0 Å². The van der Waals surface area contributed by atoms with E-state index >= 15 is 0 Å². The van der Waals surface area contributed by atoms with E-state index in [1.54, 1.807) is 6.26 Å². The second-order valence-corrected chi connectivity index (χ2v) is 4.34. The fourth-order valence-electron chi connectivity index (χ4n) is 2.09. The van der Waals surface area contributed by atoms with Crippen molar-refractivity contribution < 1.29 is 4.42 Å². The molecule has 3 heteroatoms. The minimum absolute atomic E-state index is 0.0931. The second kappa shape index (κ2) is 5.17. The Morgan fingerprint density at radius 2 is 2.12 bits per heavy atom. The Kier molecular flexibility index (Phi) is 3.61. The van der Waals surface area contributed by atoms with Crippen LogP contribution >= 0.6 is 0 Å². The average Bonchev–Trinajstić information content (AvgIpc) is 2.72. The molecule has 0 spiro atoms. The number of benzene rings is 1. The smallest absolute Gasteiger partial charge is 0.105 e. The standard InChI is InChI=1S/C14H18N2O/c1-10-4-3-5-12(8-10)9-14(16-15)13-6-7-17-11(13)2/h3-8,14,16H,9,15H2,1-2H3. The molecule has 1 heterocycles. The van der Waals surface area contributed by atoms with E-state index in [1.807, 2.05) is 13.0 Å². The molecule has 90 valence electrons. The van der Waals surface area contributed by atoms with Crippen LogP contribution in [0, 0.1) is 13.8 Å². The Hall–Kier alpha value is -1.58. The van der Waals surface area contributed by atoms with E-state index < -0.39 is 0 Å². The van der Waals surface area contributed by atoms with E-state index in [-0.39, 0.29) is 6.04 Å². The SMILES string of the molecule is Cc1cccc(CC(NN)c2ccoc2C)c1. The van der Waals surface area contributed by atoms with Crippen molar-refractivity contribution in [2.45, 2.75) is 26.3 Å². The molecule has 2 rings (SSSR count). The molecule has 0 aliphatic heterocycles. The summed E-state index contributed by atoms with van der Waals surface area (Å²) in [5.74, 6) is 6.54. The Morgan fingerprint density at radius 1 is 1.29 bits per heavy atom. The van der Waals surface area contributed by atoms with Crippen LogP contribution in [0.1, 0.15) is 28.5 Å². The van der Waals surface area contributed by atoms with Crippen LogP contribution in [0.15, 0.2) is 41.0 Å². The van der Waals surface area contributed by atoms with Crippen molar-refractivity contribution in [2.75, 3.05) is 0 Å². The molecule has 0 saturated carbocycles. The lowest BCUT2D eigenvalue weighted by Gasteiger charge is -2.15. The average molecular weight is 230 g/mol. The maximum Gasteiger partial charge on any atom is 0.105 e. The number of nitrogens with two attached hydrogens (primary N) is 1. The maximum absolute atomic E-state index is 5.63. The van der Waals surface area contributed by atoms with Gasteiger partial charge in [0, 0.05) is 5.56 Å². The highest BCUT2D eigenvalue weighted by Crippen LogP contribution is 2.22. The van der Waals surface area contributed by atoms with Gasteiger partial charge in [-0.05, 0) is 31.9 Å². The molecular weight excluding hydrogens is 212 g/mol. The zero-order chi connectivity index (χ0) is 12.3. The third kappa shape index (κ3) is 2.75. The van der Waals surface area contributed by atoms with Crippen molar-refractivity contribution in [3.63, 3.8) is 0 Å². The van der Waals surface area contributed by atoms with Gasteiger partial charge >= 0.3 is 0 Å². The van der Waals surface area contributed by atoms with E-state index in [2.05, 4.69) is 36.6 Å². The van der Waals surface area contributed by atoms with Crippen LogP contribution in [-0.2, 0) is 6.42 Å². The summed E-state index contributed by atoms with van der Waals surface area (Å²) in [6.07, 6.45) is 2.56. The lowest BCUT2D eigenvalue weighted by molar-refractivity contribution is 0.502. The van der Waals surface area contributed by atoms with Gasteiger partial charge in [0.2, 0.25) is 0 Å². The molecule has 3 nitrogen and oxygen atoms in total. The summed E-state index contributed by atoms with van der Waals surface area (Å²) in [7, 11) is 0. The minimum Gasteiger partial charge on any atom is -0.469 e. The van der Waals surface area contributed by atoms with Crippen molar-refractivity contribution in [3.05, 3.63) is 59.0 Å².